The van der Waals surface area contributed by atoms with Crippen LogP contribution in [0.2, 0.25) is 0 Å². The van der Waals surface area contributed by atoms with E-state index >= 15 is 0 Å². The van der Waals surface area contributed by atoms with E-state index in [1.54, 1.807) is 11.1 Å². The van der Waals surface area contributed by atoms with Gasteiger partial charge >= 0.3 is 5.97 Å². The van der Waals surface area contributed by atoms with E-state index in [4.69, 9.17) is 4.74 Å². The monoisotopic (exact) mass is 513 g/mol. The fourth-order valence-corrected chi connectivity index (χ4v) is 6.12. The molecule has 1 aromatic heterocycles. The fraction of sp³-hybridized carbons (Fsp3) is 0.438. The third kappa shape index (κ3) is 4.90. The summed E-state index contributed by atoms with van der Waals surface area (Å²) in [6, 6.07) is 17.1. The first-order chi connectivity index (χ1) is 18.0. The average Bonchev–Trinajstić information content (AvgIpc) is 3.37. The summed E-state index contributed by atoms with van der Waals surface area (Å²) in [6.45, 7) is 13.7. The summed E-state index contributed by atoms with van der Waals surface area (Å²) < 4.78 is 5.64. The first kappa shape index (κ1) is 26.2. The zero-order valence-electron chi connectivity index (χ0n) is 23.4. The third-order valence-corrected chi connectivity index (χ3v) is 8.00. The van der Waals surface area contributed by atoms with Crippen LogP contribution in [0, 0.1) is 0 Å². The van der Waals surface area contributed by atoms with Gasteiger partial charge in [-0.1, -0.05) is 44.2 Å². The quantitative estimate of drug-likeness (QED) is 0.409. The van der Waals surface area contributed by atoms with Crippen molar-refractivity contribution in [2.45, 2.75) is 84.5 Å². The lowest BCUT2D eigenvalue weighted by molar-refractivity contribution is -0.140. The van der Waals surface area contributed by atoms with Gasteiger partial charge in [-0.05, 0) is 69.9 Å². The van der Waals surface area contributed by atoms with Gasteiger partial charge < -0.3 is 14.6 Å². The number of carbonyl (C=O) groups excluding carboxylic acids is 2. The van der Waals surface area contributed by atoms with Gasteiger partial charge in [-0.3, -0.25) is 9.69 Å². The number of para-hydroxylation sites is 1. The number of hydrogen-bond acceptors (Lipinski definition) is 4. The van der Waals surface area contributed by atoms with Gasteiger partial charge in [0.1, 0.15) is 0 Å². The molecule has 6 heteroatoms. The molecule has 2 aromatic carbocycles. The van der Waals surface area contributed by atoms with Gasteiger partial charge in [0, 0.05) is 53.3 Å². The Labute approximate surface area is 225 Å². The van der Waals surface area contributed by atoms with E-state index in [2.05, 4.69) is 49.7 Å². The first-order valence-corrected chi connectivity index (χ1v) is 13.7. The van der Waals surface area contributed by atoms with E-state index < -0.39 is 11.4 Å². The van der Waals surface area contributed by atoms with E-state index in [9.17, 15) is 9.59 Å². The molecule has 1 N–H and O–H groups in total. The lowest BCUT2D eigenvalue weighted by Crippen LogP contribution is -2.37. The van der Waals surface area contributed by atoms with E-state index in [-0.39, 0.29) is 12.0 Å². The molecule has 38 heavy (non-hydrogen) atoms. The van der Waals surface area contributed by atoms with Crippen molar-refractivity contribution in [2.75, 3.05) is 6.54 Å². The van der Waals surface area contributed by atoms with Crippen LogP contribution in [0.25, 0.3) is 16.5 Å². The highest BCUT2D eigenvalue weighted by Gasteiger charge is 2.37. The van der Waals surface area contributed by atoms with Crippen molar-refractivity contribution in [1.82, 2.24) is 14.8 Å². The Morgan fingerprint density at radius 2 is 1.76 bits per heavy atom. The van der Waals surface area contributed by atoms with Crippen molar-refractivity contribution in [2.24, 2.45) is 0 Å². The highest BCUT2D eigenvalue weighted by atomic mass is 16.5. The topological polar surface area (TPSA) is 65.6 Å². The summed E-state index contributed by atoms with van der Waals surface area (Å²) in [6.07, 6.45) is 3.83. The Morgan fingerprint density at radius 3 is 2.47 bits per heavy atom. The number of nitrogens with zero attached hydrogens (tertiary/aromatic N) is 2. The van der Waals surface area contributed by atoms with Crippen molar-refractivity contribution in [3.63, 3.8) is 0 Å². The van der Waals surface area contributed by atoms with Gasteiger partial charge in [-0.25, -0.2) is 4.79 Å². The number of H-pyrrole nitrogens is 1. The lowest BCUT2D eigenvalue weighted by Gasteiger charge is -2.30. The zero-order chi connectivity index (χ0) is 27.2. The molecule has 3 aromatic rings. The number of aromatic nitrogens is 1. The summed E-state index contributed by atoms with van der Waals surface area (Å²) in [7, 11) is 0. The number of benzene rings is 2. The number of nitrogens with one attached hydrogen (secondary N) is 1. The zero-order valence-corrected chi connectivity index (χ0v) is 23.4. The number of carbonyl (C=O) groups is 2. The second kappa shape index (κ2) is 10.1. The molecule has 1 saturated heterocycles. The third-order valence-electron chi connectivity index (χ3n) is 8.00. The molecular weight excluding hydrogens is 474 g/mol. The Balaban J connectivity index is 1.54. The number of esters is 1. The van der Waals surface area contributed by atoms with E-state index in [1.165, 1.54) is 12.8 Å². The normalized spacial score (nSPS) is 21.3. The van der Waals surface area contributed by atoms with E-state index in [0.29, 0.717) is 29.8 Å². The van der Waals surface area contributed by atoms with Gasteiger partial charge in [-0.15, -0.1) is 0 Å². The number of aromatic amines is 1. The maximum Gasteiger partial charge on any atom is 0.342 e. The standard InChI is InChI=1S/C32H39N3O3/c1-20(2)38-31(37)26-18-34(19-32(5,6)28-25-12-7-8-13-27(25)33-29(26)28)30(36)24-11-9-10-23(16-24)17-35-21(3)14-15-22(35)4/h7-13,16,18,20-22,33H,14-15,17,19H2,1-6H3/t21-,22-/m0/s1. The van der Waals surface area contributed by atoms with Gasteiger partial charge in [-0.2, -0.15) is 0 Å². The second-order valence-corrected chi connectivity index (χ2v) is 11.9. The largest absolute Gasteiger partial charge is 0.459 e. The van der Waals surface area contributed by atoms with E-state index in [1.807, 2.05) is 50.2 Å². The minimum atomic E-state index is -0.436. The smallest absolute Gasteiger partial charge is 0.342 e. The molecule has 2 aliphatic heterocycles. The highest BCUT2D eigenvalue weighted by Crippen LogP contribution is 2.40. The predicted octanol–water partition coefficient (Wildman–Crippen LogP) is 6.27. The molecule has 0 radical (unpaired) electrons. The molecule has 3 heterocycles. The van der Waals surface area contributed by atoms with Gasteiger partial charge in [0.05, 0.1) is 17.4 Å². The average molecular weight is 514 g/mol. The van der Waals surface area contributed by atoms with Crippen molar-refractivity contribution >= 4 is 28.4 Å². The fourth-order valence-electron chi connectivity index (χ4n) is 6.12. The molecule has 2 aliphatic rings. The van der Waals surface area contributed by atoms with Crippen LogP contribution in [-0.2, 0) is 21.5 Å². The highest BCUT2D eigenvalue weighted by molar-refractivity contribution is 6.18. The number of hydrogen-bond donors (Lipinski definition) is 1. The molecule has 0 spiro atoms. The summed E-state index contributed by atoms with van der Waals surface area (Å²) in [5.74, 6) is -0.555. The second-order valence-electron chi connectivity index (χ2n) is 11.9. The van der Waals surface area contributed by atoms with Crippen LogP contribution in [0.3, 0.4) is 0 Å². The molecule has 0 unspecified atom stereocenters. The van der Waals surface area contributed by atoms with Crippen LogP contribution >= 0.6 is 0 Å². The van der Waals surface area contributed by atoms with Crippen LogP contribution in [0.15, 0.2) is 54.7 Å². The van der Waals surface area contributed by atoms with Crippen LogP contribution < -0.4 is 0 Å². The van der Waals surface area contributed by atoms with Gasteiger partial charge in [0.15, 0.2) is 0 Å². The predicted molar refractivity (Wildman–Crippen MR) is 152 cm³/mol. The van der Waals surface area contributed by atoms with Crippen molar-refractivity contribution in [1.29, 1.82) is 0 Å². The molecule has 5 rings (SSSR count). The summed E-state index contributed by atoms with van der Waals surface area (Å²) in [5, 5.41) is 1.06. The molecule has 2 atom stereocenters. The molecule has 1 amide bonds. The van der Waals surface area contributed by atoms with Crippen molar-refractivity contribution < 1.29 is 14.3 Å². The SMILES string of the molecule is CC(C)OC(=O)C1=CN(C(=O)c2cccc(CN3[C@@H](C)CC[C@@H]3C)c2)CC(C)(C)c2c1[nH]c1ccccc21. The van der Waals surface area contributed by atoms with Gasteiger partial charge in [0.2, 0.25) is 0 Å². The number of likely N-dealkylation sites (tertiary alicyclic amines) is 1. The molecule has 0 aliphatic carbocycles. The van der Waals surface area contributed by atoms with E-state index in [0.717, 1.165) is 34.3 Å². The molecule has 0 saturated carbocycles. The number of fused-ring (bicyclic) bond motifs is 3. The molecule has 0 bridgehead atoms. The number of ether oxygens (including phenoxy) is 1. The number of amides is 1. The van der Waals surface area contributed by atoms with Gasteiger partial charge in [0.25, 0.3) is 5.91 Å². The maximum atomic E-state index is 14.0. The molecule has 1 fully saturated rings. The Kier molecular flexibility index (Phi) is 6.95. The Morgan fingerprint density at radius 1 is 1.05 bits per heavy atom. The lowest BCUT2D eigenvalue weighted by atomic mass is 9.81. The van der Waals surface area contributed by atoms with Crippen molar-refractivity contribution in [3.8, 4) is 0 Å². The Bertz CT molecular complexity index is 1390. The van der Waals surface area contributed by atoms with Crippen LogP contribution in [0.4, 0.5) is 0 Å². The molecule has 6 nitrogen and oxygen atoms in total. The Hall–Kier alpha value is -3.38. The summed E-state index contributed by atoms with van der Waals surface area (Å²) in [5.41, 5.74) is 4.43. The van der Waals surface area contributed by atoms with Crippen LogP contribution in [0.1, 0.15) is 81.6 Å². The number of rotatable bonds is 5. The molecular formula is C32H39N3O3. The minimum Gasteiger partial charge on any atom is -0.459 e. The van der Waals surface area contributed by atoms with Crippen molar-refractivity contribution in [3.05, 3.63) is 77.1 Å². The molecule has 200 valence electrons. The minimum absolute atomic E-state index is 0.119. The van der Waals surface area contributed by atoms with Crippen LogP contribution in [0.5, 0.6) is 0 Å². The first-order valence-electron chi connectivity index (χ1n) is 13.7. The maximum absolute atomic E-state index is 14.0. The summed E-state index contributed by atoms with van der Waals surface area (Å²) in [4.78, 5) is 35.0. The van der Waals surface area contributed by atoms with Crippen LogP contribution in [-0.4, -0.2) is 51.4 Å². The summed E-state index contributed by atoms with van der Waals surface area (Å²) >= 11 is 0.